The van der Waals surface area contributed by atoms with Gasteiger partial charge in [0.25, 0.3) is 0 Å². The number of alkyl carbamates (subject to hydrolysis) is 1. The molecule has 0 saturated carbocycles. The van der Waals surface area contributed by atoms with Gasteiger partial charge in [-0.2, -0.15) is 0 Å². The minimum atomic E-state index is -0.927. The SMILES string of the molecule is CC(C)(C)OC(=O)NC(Cc1c[nH]c2ccccc12)C(=O)N[C@H]1CCCN2C(=O)N(Cc3ccccc3)C(=O)C[C@@H]12. The van der Waals surface area contributed by atoms with Crippen molar-refractivity contribution in [3.8, 4) is 0 Å². The van der Waals surface area contributed by atoms with E-state index >= 15 is 0 Å². The predicted octanol–water partition coefficient (Wildman–Crippen LogP) is 4.11. The van der Waals surface area contributed by atoms with Gasteiger partial charge in [-0.05, 0) is 50.8 Å². The van der Waals surface area contributed by atoms with Crippen molar-refractivity contribution in [1.82, 2.24) is 25.4 Å². The molecule has 0 bridgehead atoms. The molecule has 41 heavy (non-hydrogen) atoms. The molecule has 3 aromatic rings. The molecule has 0 spiro atoms. The highest BCUT2D eigenvalue weighted by molar-refractivity contribution is 5.97. The van der Waals surface area contributed by atoms with Gasteiger partial charge in [0, 0.05) is 42.5 Å². The second-order valence-electron chi connectivity index (χ2n) is 11.7. The Hall–Kier alpha value is -4.34. The molecule has 216 valence electrons. The van der Waals surface area contributed by atoms with Crippen molar-refractivity contribution in [2.45, 2.75) is 76.7 Å². The first-order valence-corrected chi connectivity index (χ1v) is 14.1. The molecule has 10 nitrogen and oxygen atoms in total. The smallest absolute Gasteiger partial charge is 0.408 e. The lowest BCUT2D eigenvalue weighted by atomic mass is 9.91. The maximum Gasteiger partial charge on any atom is 0.408 e. The molecule has 5 amide bonds. The summed E-state index contributed by atoms with van der Waals surface area (Å²) in [5, 5.41) is 6.78. The molecule has 1 aromatic heterocycles. The number of rotatable bonds is 7. The molecule has 5 rings (SSSR count). The number of aromatic nitrogens is 1. The van der Waals surface area contributed by atoms with Crippen LogP contribution in [-0.2, 0) is 27.3 Å². The summed E-state index contributed by atoms with van der Waals surface area (Å²) in [5.74, 6) is -0.650. The summed E-state index contributed by atoms with van der Waals surface area (Å²) in [4.78, 5) is 59.2. The lowest BCUT2D eigenvalue weighted by Gasteiger charge is -2.46. The van der Waals surface area contributed by atoms with E-state index in [4.69, 9.17) is 4.74 Å². The molecular weight excluding hydrogens is 522 g/mol. The number of urea groups is 1. The molecule has 10 heteroatoms. The Bertz CT molecular complexity index is 1430. The van der Waals surface area contributed by atoms with E-state index in [9.17, 15) is 19.2 Å². The van der Waals surface area contributed by atoms with Crippen LogP contribution in [0.3, 0.4) is 0 Å². The Labute approximate surface area is 239 Å². The summed E-state index contributed by atoms with van der Waals surface area (Å²) >= 11 is 0. The molecule has 2 aliphatic heterocycles. The standard InChI is InChI=1S/C31H37N5O5/c1-31(2,3)41-29(39)34-25(16-21-18-32-23-13-8-7-12-22(21)23)28(38)33-24-14-9-15-35-26(24)17-27(37)36(30(35)40)19-20-10-5-4-6-11-20/h4-8,10-13,18,24-26,32H,9,14-17,19H2,1-3H3,(H,33,38)(H,34,39)/t24-,25?,26-/m0/s1. The quantitative estimate of drug-likeness (QED) is 0.402. The van der Waals surface area contributed by atoms with Crippen molar-refractivity contribution in [3.63, 3.8) is 0 Å². The zero-order valence-electron chi connectivity index (χ0n) is 23.7. The molecule has 3 N–H and O–H groups in total. The van der Waals surface area contributed by atoms with Gasteiger partial charge in [0.1, 0.15) is 11.6 Å². The maximum atomic E-state index is 13.7. The number of para-hydroxylation sites is 1. The summed E-state index contributed by atoms with van der Waals surface area (Å²) in [6.07, 6.45) is 2.81. The van der Waals surface area contributed by atoms with E-state index in [1.165, 1.54) is 4.90 Å². The normalized spacial score (nSPS) is 20.0. The van der Waals surface area contributed by atoms with E-state index in [1.54, 1.807) is 25.7 Å². The number of ether oxygens (including phenoxy) is 1. The lowest BCUT2D eigenvalue weighted by Crippen LogP contribution is -2.66. The summed E-state index contributed by atoms with van der Waals surface area (Å²) in [6, 6.07) is 15.0. The molecule has 1 unspecified atom stereocenters. The van der Waals surface area contributed by atoms with Crippen LogP contribution in [0.15, 0.2) is 60.8 Å². The van der Waals surface area contributed by atoms with Gasteiger partial charge in [-0.3, -0.25) is 14.5 Å². The third kappa shape index (κ3) is 6.53. The molecule has 2 fully saturated rings. The van der Waals surface area contributed by atoms with Crippen molar-refractivity contribution in [1.29, 1.82) is 0 Å². The van der Waals surface area contributed by atoms with Crippen LogP contribution in [0, 0.1) is 0 Å². The Morgan fingerprint density at radius 3 is 2.56 bits per heavy atom. The number of imide groups is 1. The molecule has 3 atom stereocenters. The van der Waals surface area contributed by atoms with Crippen LogP contribution >= 0.6 is 0 Å². The van der Waals surface area contributed by atoms with E-state index in [2.05, 4.69) is 15.6 Å². The zero-order chi connectivity index (χ0) is 29.1. The minimum Gasteiger partial charge on any atom is -0.444 e. The monoisotopic (exact) mass is 559 g/mol. The third-order valence-electron chi connectivity index (χ3n) is 7.56. The van der Waals surface area contributed by atoms with Crippen LogP contribution < -0.4 is 10.6 Å². The number of aromatic amines is 1. The predicted molar refractivity (Wildman–Crippen MR) is 154 cm³/mol. The largest absolute Gasteiger partial charge is 0.444 e. The van der Waals surface area contributed by atoms with E-state index < -0.39 is 29.8 Å². The first kappa shape index (κ1) is 28.2. The summed E-state index contributed by atoms with van der Waals surface area (Å²) in [5.41, 5.74) is 1.95. The average Bonchev–Trinajstić information content (AvgIpc) is 3.33. The highest BCUT2D eigenvalue weighted by Crippen LogP contribution is 2.28. The fraction of sp³-hybridized carbons (Fsp3) is 0.419. The van der Waals surface area contributed by atoms with Crippen LogP contribution in [0.25, 0.3) is 10.9 Å². The van der Waals surface area contributed by atoms with Gasteiger partial charge < -0.3 is 25.3 Å². The molecule has 2 aliphatic rings. The van der Waals surface area contributed by atoms with Crippen molar-refractivity contribution in [2.24, 2.45) is 0 Å². The average molecular weight is 560 g/mol. The highest BCUT2D eigenvalue weighted by Gasteiger charge is 2.45. The minimum absolute atomic E-state index is 0.121. The van der Waals surface area contributed by atoms with Gasteiger partial charge in [0.15, 0.2) is 0 Å². The van der Waals surface area contributed by atoms with Crippen LogP contribution in [-0.4, -0.2) is 69.0 Å². The molecule has 0 aliphatic carbocycles. The number of hydrogen-bond acceptors (Lipinski definition) is 5. The van der Waals surface area contributed by atoms with Crippen molar-refractivity contribution in [3.05, 3.63) is 71.9 Å². The molecule has 3 heterocycles. The van der Waals surface area contributed by atoms with E-state index in [-0.39, 0.29) is 37.2 Å². The van der Waals surface area contributed by atoms with Gasteiger partial charge in [0.05, 0.1) is 12.6 Å². The number of carbonyl (C=O) groups excluding carboxylic acids is 4. The van der Waals surface area contributed by atoms with Crippen LogP contribution in [0.1, 0.15) is 51.2 Å². The van der Waals surface area contributed by atoms with Crippen molar-refractivity contribution < 1.29 is 23.9 Å². The van der Waals surface area contributed by atoms with E-state index in [0.717, 1.165) is 22.0 Å². The second-order valence-corrected chi connectivity index (χ2v) is 11.7. The highest BCUT2D eigenvalue weighted by atomic mass is 16.6. The van der Waals surface area contributed by atoms with Gasteiger partial charge in [-0.15, -0.1) is 0 Å². The number of amides is 5. The lowest BCUT2D eigenvalue weighted by molar-refractivity contribution is -0.135. The zero-order valence-corrected chi connectivity index (χ0v) is 23.7. The molecular formula is C31H37N5O5. The first-order chi connectivity index (χ1) is 19.6. The number of nitrogens with one attached hydrogen (secondary N) is 3. The fourth-order valence-corrected chi connectivity index (χ4v) is 5.65. The van der Waals surface area contributed by atoms with Crippen LogP contribution in [0.5, 0.6) is 0 Å². The summed E-state index contributed by atoms with van der Waals surface area (Å²) in [6.45, 7) is 6.01. The van der Waals surface area contributed by atoms with Crippen LogP contribution in [0.4, 0.5) is 9.59 Å². The van der Waals surface area contributed by atoms with Crippen LogP contribution in [0.2, 0.25) is 0 Å². The Morgan fingerprint density at radius 1 is 1.07 bits per heavy atom. The molecule has 2 aromatic carbocycles. The van der Waals surface area contributed by atoms with Gasteiger partial charge in [-0.1, -0.05) is 48.5 Å². The maximum absolute atomic E-state index is 13.7. The molecule has 0 radical (unpaired) electrons. The first-order valence-electron chi connectivity index (χ1n) is 14.1. The van der Waals surface area contributed by atoms with Gasteiger partial charge in [0.2, 0.25) is 11.8 Å². The number of nitrogens with zero attached hydrogens (tertiary/aromatic N) is 2. The summed E-state index contributed by atoms with van der Waals surface area (Å²) in [7, 11) is 0. The number of carbonyl (C=O) groups is 4. The Kier molecular flexibility index (Phi) is 8.01. The van der Waals surface area contributed by atoms with E-state index in [1.807, 2.05) is 60.8 Å². The van der Waals surface area contributed by atoms with Gasteiger partial charge in [-0.25, -0.2) is 9.59 Å². The van der Waals surface area contributed by atoms with Crippen molar-refractivity contribution in [2.75, 3.05) is 6.54 Å². The Morgan fingerprint density at radius 2 is 1.80 bits per heavy atom. The fourth-order valence-electron chi connectivity index (χ4n) is 5.65. The number of H-pyrrole nitrogens is 1. The van der Waals surface area contributed by atoms with Gasteiger partial charge >= 0.3 is 12.1 Å². The van der Waals surface area contributed by atoms with E-state index in [0.29, 0.717) is 19.4 Å². The number of fused-ring (bicyclic) bond motifs is 2. The molecule has 2 saturated heterocycles. The number of piperidine rings is 1. The summed E-state index contributed by atoms with van der Waals surface area (Å²) < 4.78 is 5.45. The third-order valence-corrected chi connectivity index (χ3v) is 7.56. The number of hydrogen-bond donors (Lipinski definition) is 3. The van der Waals surface area contributed by atoms with Crippen molar-refractivity contribution >= 4 is 34.8 Å². The topological polar surface area (TPSA) is 124 Å². The number of benzene rings is 2. The Balaban J connectivity index is 1.32. The second kappa shape index (κ2) is 11.6.